The maximum absolute atomic E-state index is 13.2. The third-order valence-electron chi connectivity index (χ3n) is 3.62. The summed E-state index contributed by atoms with van der Waals surface area (Å²) in [6.45, 7) is 0.627. The van der Waals surface area contributed by atoms with E-state index in [2.05, 4.69) is 4.98 Å². The summed E-state index contributed by atoms with van der Waals surface area (Å²) in [5.41, 5.74) is 2.25. The molecule has 0 atom stereocenters. The lowest BCUT2D eigenvalue weighted by atomic mass is 10.0. The first-order valence-electron chi connectivity index (χ1n) is 6.79. The van der Waals surface area contributed by atoms with Crippen LogP contribution >= 0.6 is 0 Å². The number of nitrogens with zero attached hydrogens (tertiary/aromatic N) is 2. The summed E-state index contributed by atoms with van der Waals surface area (Å²) >= 11 is 0. The molecular formula is C16H15FN2O2. The van der Waals surface area contributed by atoms with E-state index in [1.165, 1.54) is 18.3 Å². The zero-order valence-corrected chi connectivity index (χ0v) is 11.7. The Morgan fingerprint density at radius 1 is 1.33 bits per heavy atom. The van der Waals surface area contributed by atoms with E-state index < -0.39 is 5.95 Å². The number of ether oxygens (including phenoxy) is 1. The molecule has 0 saturated heterocycles. The quantitative estimate of drug-likeness (QED) is 0.797. The van der Waals surface area contributed by atoms with Gasteiger partial charge in [0.15, 0.2) is 0 Å². The van der Waals surface area contributed by atoms with Gasteiger partial charge in [-0.2, -0.15) is 4.39 Å². The second kappa shape index (κ2) is 5.52. The minimum absolute atomic E-state index is 0.206. The minimum Gasteiger partial charge on any atom is -0.497 e. The van der Waals surface area contributed by atoms with Crippen LogP contribution in [-0.4, -0.2) is 24.5 Å². The third-order valence-corrected chi connectivity index (χ3v) is 3.62. The van der Waals surface area contributed by atoms with Crippen LogP contribution in [0, 0.1) is 5.95 Å². The zero-order valence-electron chi connectivity index (χ0n) is 11.7. The van der Waals surface area contributed by atoms with Gasteiger partial charge in [-0.25, -0.2) is 4.98 Å². The van der Waals surface area contributed by atoms with Crippen molar-refractivity contribution in [3.05, 3.63) is 53.6 Å². The number of carbonyl (C=O) groups excluding carboxylic acids is 1. The molecule has 21 heavy (non-hydrogen) atoms. The number of rotatable bonds is 2. The van der Waals surface area contributed by atoms with Gasteiger partial charge in [-0.15, -0.1) is 0 Å². The van der Waals surface area contributed by atoms with E-state index in [9.17, 15) is 9.18 Å². The molecule has 3 rings (SSSR count). The Kier molecular flexibility index (Phi) is 3.56. The van der Waals surface area contributed by atoms with Crippen LogP contribution in [0.4, 0.5) is 10.1 Å². The highest BCUT2D eigenvalue weighted by Gasteiger charge is 2.24. The Balaban J connectivity index is 1.96. The van der Waals surface area contributed by atoms with Crippen LogP contribution < -0.4 is 9.64 Å². The average Bonchev–Trinajstić information content (AvgIpc) is 2.53. The fraction of sp³-hybridized carbons (Fsp3) is 0.250. The molecule has 0 bridgehead atoms. The first-order valence-corrected chi connectivity index (χ1v) is 6.79. The van der Waals surface area contributed by atoms with Crippen LogP contribution in [-0.2, 0) is 6.42 Å². The summed E-state index contributed by atoms with van der Waals surface area (Å²) in [5.74, 6) is -0.0757. The number of fused-ring (bicyclic) bond motifs is 1. The summed E-state index contributed by atoms with van der Waals surface area (Å²) in [7, 11) is 1.62. The molecule has 2 aromatic rings. The van der Waals surface area contributed by atoms with Gasteiger partial charge in [-0.1, -0.05) is 0 Å². The van der Waals surface area contributed by atoms with Gasteiger partial charge in [0, 0.05) is 30.1 Å². The maximum Gasteiger partial charge on any atom is 0.258 e. The summed E-state index contributed by atoms with van der Waals surface area (Å²) in [4.78, 5) is 17.7. The van der Waals surface area contributed by atoms with Crippen molar-refractivity contribution in [1.29, 1.82) is 0 Å². The highest BCUT2D eigenvalue weighted by molar-refractivity contribution is 6.06. The number of hydrogen-bond donors (Lipinski definition) is 0. The van der Waals surface area contributed by atoms with Crippen LogP contribution in [0.15, 0.2) is 36.5 Å². The van der Waals surface area contributed by atoms with Crippen LogP contribution in [0.3, 0.4) is 0 Å². The molecule has 0 N–H and O–H groups in total. The van der Waals surface area contributed by atoms with Crippen LogP contribution in [0.5, 0.6) is 5.75 Å². The molecule has 108 valence electrons. The number of benzene rings is 1. The van der Waals surface area contributed by atoms with Crippen molar-refractivity contribution in [3.63, 3.8) is 0 Å². The predicted molar refractivity (Wildman–Crippen MR) is 77.2 cm³/mol. The van der Waals surface area contributed by atoms with Crippen molar-refractivity contribution in [3.8, 4) is 5.75 Å². The summed E-state index contributed by atoms with van der Waals surface area (Å²) in [6.07, 6.45) is 3.09. The van der Waals surface area contributed by atoms with Crippen molar-refractivity contribution in [2.24, 2.45) is 0 Å². The number of methoxy groups -OCH3 is 1. The highest BCUT2D eigenvalue weighted by Crippen LogP contribution is 2.31. The molecule has 2 heterocycles. The van der Waals surface area contributed by atoms with E-state index >= 15 is 0 Å². The van der Waals surface area contributed by atoms with Crippen molar-refractivity contribution in [2.45, 2.75) is 12.8 Å². The van der Waals surface area contributed by atoms with Gasteiger partial charge in [0.25, 0.3) is 5.91 Å². The predicted octanol–water partition coefficient (Wildman–Crippen LogP) is 2.82. The first-order chi connectivity index (χ1) is 10.2. The van der Waals surface area contributed by atoms with Crippen molar-refractivity contribution < 1.29 is 13.9 Å². The van der Waals surface area contributed by atoms with Crippen LogP contribution in [0.2, 0.25) is 0 Å². The van der Waals surface area contributed by atoms with E-state index in [0.717, 1.165) is 29.8 Å². The fourth-order valence-corrected chi connectivity index (χ4v) is 2.60. The van der Waals surface area contributed by atoms with Crippen molar-refractivity contribution in [1.82, 2.24) is 4.98 Å². The molecular weight excluding hydrogens is 271 g/mol. The average molecular weight is 286 g/mol. The highest BCUT2D eigenvalue weighted by atomic mass is 19.1. The monoisotopic (exact) mass is 286 g/mol. The van der Waals surface area contributed by atoms with Gasteiger partial charge >= 0.3 is 0 Å². The number of carbonyl (C=O) groups is 1. The van der Waals surface area contributed by atoms with E-state index in [1.54, 1.807) is 12.0 Å². The molecule has 1 aliphatic rings. The van der Waals surface area contributed by atoms with Gasteiger partial charge < -0.3 is 9.64 Å². The summed E-state index contributed by atoms with van der Waals surface area (Å²) < 4.78 is 18.4. The first kappa shape index (κ1) is 13.5. The van der Waals surface area contributed by atoms with E-state index in [-0.39, 0.29) is 5.91 Å². The fourth-order valence-electron chi connectivity index (χ4n) is 2.60. The maximum atomic E-state index is 13.2. The van der Waals surface area contributed by atoms with Gasteiger partial charge in [0.2, 0.25) is 5.95 Å². The zero-order chi connectivity index (χ0) is 14.8. The molecule has 1 aromatic heterocycles. The van der Waals surface area contributed by atoms with E-state index in [1.807, 2.05) is 18.2 Å². The minimum atomic E-state index is -0.646. The smallest absolute Gasteiger partial charge is 0.258 e. The third kappa shape index (κ3) is 2.59. The Hall–Kier alpha value is -2.43. The number of aromatic nitrogens is 1. The number of aryl methyl sites for hydroxylation is 1. The standard InChI is InChI=1S/C16H15FN2O2/c1-21-13-4-5-14-11(9-13)3-2-8-19(14)16(20)12-6-7-18-15(17)10-12/h4-7,9-10H,2-3,8H2,1H3. The summed E-state index contributed by atoms with van der Waals surface area (Å²) in [6, 6.07) is 8.35. The Bertz CT molecular complexity index is 688. The van der Waals surface area contributed by atoms with Gasteiger partial charge in [0.1, 0.15) is 5.75 Å². The molecule has 1 aliphatic heterocycles. The molecule has 0 saturated carbocycles. The molecule has 4 nitrogen and oxygen atoms in total. The van der Waals surface area contributed by atoms with Crippen molar-refractivity contribution >= 4 is 11.6 Å². The van der Waals surface area contributed by atoms with Crippen LogP contribution in [0.1, 0.15) is 22.3 Å². The number of hydrogen-bond acceptors (Lipinski definition) is 3. The largest absolute Gasteiger partial charge is 0.497 e. The Morgan fingerprint density at radius 3 is 2.95 bits per heavy atom. The molecule has 0 aliphatic carbocycles. The molecule has 5 heteroatoms. The topological polar surface area (TPSA) is 42.4 Å². The molecule has 1 aromatic carbocycles. The molecule has 0 unspecified atom stereocenters. The molecule has 0 radical (unpaired) electrons. The SMILES string of the molecule is COc1ccc2c(c1)CCCN2C(=O)c1ccnc(F)c1. The van der Waals surface area contributed by atoms with Gasteiger partial charge in [0.05, 0.1) is 7.11 Å². The lowest BCUT2D eigenvalue weighted by Gasteiger charge is -2.29. The molecule has 0 fully saturated rings. The number of pyridine rings is 1. The summed E-state index contributed by atoms with van der Waals surface area (Å²) in [5, 5.41) is 0. The second-order valence-electron chi connectivity index (χ2n) is 4.92. The number of anilines is 1. The van der Waals surface area contributed by atoms with E-state index in [4.69, 9.17) is 4.74 Å². The lowest BCUT2D eigenvalue weighted by molar-refractivity contribution is 0.0984. The number of halogens is 1. The normalized spacial score (nSPS) is 13.7. The van der Waals surface area contributed by atoms with E-state index in [0.29, 0.717) is 12.1 Å². The van der Waals surface area contributed by atoms with Gasteiger partial charge in [-0.3, -0.25) is 4.79 Å². The Labute approximate surface area is 122 Å². The molecule has 1 amide bonds. The van der Waals surface area contributed by atoms with Gasteiger partial charge in [-0.05, 0) is 42.7 Å². The lowest BCUT2D eigenvalue weighted by Crippen LogP contribution is -2.35. The second-order valence-corrected chi connectivity index (χ2v) is 4.92. The Morgan fingerprint density at radius 2 is 2.19 bits per heavy atom. The number of amides is 1. The molecule has 0 spiro atoms. The van der Waals surface area contributed by atoms with Crippen LogP contribution in [0.25, 0.3) is 0 Å². The van der Waals surface area contributed by atoms with Crippen molar-refractivity contribution in [2.75, 3.05) is 18.6 Å².